The molecule has 1 aromatic heterocycles. The number of rotatable bonds is 2. The molecular weight excluding hydrogens is 254 g/mol. The average molecular weight is 277 g/mol. The monoisotopic (exact) mass is 277 g/mol. The minimum Gasteiger partial charge on any atom is -0.360 e. The second kappa shape index (κ2) is 6.07. The highest BCUT2D eigenvalue weighted by atomic mass is 16.2. The second-order valence-corrected chi connectivity index (χ2v) is 5.30. The Bertz CT molecular complexity index is 488. The van der Waals surface area contributed by atoms with Crippen LogP contribution in [0, 0.1) is 0 Å². The predicted octanol–water partition coefficient (Wildman–Crippen LogP) is 1.01. The van der Waals surface area contributed by atoms with Gasteiger partial charge in [-0.25, -0.2) is 14.8 Å². The molecule has 0 fully saturated rings. The lowest BCUT2D eigenvalue weighted by Gasteiger charge is -2.24. The Hall–Kier alpha value is -1.85. The van der Waals surface area contributed by atoms with E-state index in [1.54, 1.807) is 25.3 Å². The number of hydrogen-bond acceptors (Lipinski definition) is 4. The number of fused-ring (bicyclic) bond motifs is 1. The van der Waals surface area contributed by atoms with Crippen LogP contribution in [0.25, 0.3) is 0 Å². The minimum absolute atomic E-state index is 0.0659. The molecule has 0 atom stereocenters. The van der Waals surface area contributed by atoms with Crippen molar-refractivity contribution >= 4 is 11.8 Å². The fraction of sp³-hybridized carbons (Fsp3) is 0.643. The number of hydrogen-bond donors (Lipinski definition) is 0. The van der Waals surface area contributed by atoms with E-state index < -0.39 is 0 Å². The maximum absolute atomic E-state index is 12.1. The Morgan fingerprint density at radius 3 is 2.60 bits per heavy atom. The van der Waals surface area contributed by atoms with Crippen LogP contribution < -0.4 is 4.90 Å². The summed E-state index contributed by atoms with van der Waals surface area (Å²) in [5, 5.41) is 0. The molecular formula is C14H23N5O. The molecule has 20 heavy (non-hydrogen) atoms. The van der Waals surface area contributed by atoms with Crippen LogP contribution in [-0.4, -0.2) is 66.6 Å². The van der Waals surface area contributed by atoms with E-state index in [0.29, 0.717) is 0 Å². The van der Waals surface area contributed by atoms with Crippen LogP contribution in [0.3, 0.4) is 0 Å². The van der Waals surface area contributed by atoms with E-state index >= 15 is 0 Å². The minimum atomic E-state index is 0.0659. The van der Waals surface area contributed by atoms with Crippen LogP contribution in [-0.2, 0) is 12.8 Å². The summed E-state index contributed by atoms with van der Waals surface area (Å²) in [6, 6.07) is 0.0659. The molecule has 2 heterocycles. The lowest BCUT2D eigenvalue weighted by molar-refractivity contribution is 0.173. The highest BCUT2D eigenvalue weighted by Crippen LogP contribution is 2.22. The van der Waals surface area contributed by atoms with Crippen LogP contribution in [0.5, 0.6) is 0 Å². The molecule has 0 N–H and O–H groups in total. The standard InChI is InChI=1S/C14H23N5O/c1-5-18(4)13-11-6-8-19(14(20)17(2)3)9-7-12(11)15-10-16-13/h10H,5-9H2,1-4H3. The number of carbonyl (C=O) groups excluding carboxylic acids is 1. The van der Waals surface area contributed by atoms with Crippen LogP contribution in [0.15, 0.2) is 6.33 Å². The summed E-state index contributed by atoms with van der Waals surface area (Å²) in [4.78, 5) is 26.5. The molecule has 0 spiro atoms. The summed E-state index contributed by atoms with van der Waals surface area (Å²) in [5.41, 5.74) is 2.26. The Morgan fingerprint density at radius 1 is 1.25 bits per heavy atom. The van der Waals surface area contributed by atoms with Crippen molar-refractivity contribution in [2.75, 3.05) is 45.7 Å². The van der Waals surface area contributed by atoms with Crippen molar-refractivity contribution in [2.24, 2.45) is 0 Å². The van der Waals surface area contributed by atoms with Gasteiger partial charge in [-0.2, -0.15) is 0 Å². The van der Waals surface area contributed by atoms with Gasteiger partial charge in [0.25, 0.3) is 0 Å². The quantitative estimate of drug-likeness (QED) is 0.810. The number of urea groups is 1. The van der Waals surface area contributed by atoms with Crippen molar-refractivity contribution in [3.05, 3.63) is 17.6 Å². The predicted molar refractivity (Wildman–Crippen MR) is 79.0 cm³/mol. The van der Waals surface area contributed by atoms with Gasteiger partial charge < -0.3 is 14.7 Å². The molecule has 0 radical (unpaired) electrons. The van der Waals surface area contributed by atoms with Crippen molar-refractivity contribution in [1.82, 2.24) is 19.8 Å². The van der Waals surface area contributed by atoms with Crippen LogP contribution in [0.2, 0.25) is 0 Å². The summed E-state index contributed by atoms with van der Waals surface area (Å²) < 4.78 is 0. The topological polar surface area (TPSA) is 52.6 Å². The van der Waals surface area contributed by atoms with Crippen molar-refractivity contribution < 1.29 is 4.79 Å². The van der Waals surface area contributed by atoms with E-state index in [1.807, 2.05) is 11.9 Å². The van der Waals surface area contributed by atoms with Gasteiger partial charge in [-0.15, -0.1) is 0 Å². The first-order chi connectivity index (χ1) is 9.54. The molecule has 6 heteroatoms. The van der Waals surface area contributed by atoms with Crippen molar-refractivity contribution in [1.29, 1.82) is 0 Å². The van der Waals surface area contributed by atoms with Gasteiger partial charge in [-0.3, -0.25) is 0 Å². The third-order valence-corrected chi connectivity index (χ3v) is 3.75. The van der Waals surface area contributed by atoms with Gasteiger partial charge >= 0.3 is 6.03 Å². The van der Waals surface area contributed by atoms with Crippen molar-refractivity contribution in [2.45, 2.75) is 19.8 Å². The third-order valence-electron chi connectivity index (χ3n) is 3.75. The SMILES string of the molecule is CCN(C)c1ncnc2c1CCN(C(=O)N(C)C)CC2. The smallest absolute Gasteiger partial charge is 0.319 e. The number of amides is 2. The van der Waals surface area contributed by atoms with E-state index in [1.165, 1.54) is 5.56 Å². The Morgan fingerprint density at radius 2 is 1.95 bits per heavy atom. The normalized spacial score (nSPS) is 14.5. The summed E-state index contributed by atoms with van der Waals surface area (Å²) in [6.45, 7) is 4.45. The Labute approximate surface area is 120 Å². The van der Waals surface area contributed by atoms with E-state index in [2.05, 4.69) is 21.8 Å². The largest absolute Gasteiger partial charge is 0.360 e. The first kappa shape index (κ1) is 14.6. The average Bonchev–Trinajstić information content (AvgIpc) is 2.67. The summed E-state index contributed by atoms with van der Waals surface area (Å²) in [7, 11) is 5.61. The number of carbonyl (C=O) groups is 1. The zero-order chi connectivity index (χ0) is 14.7. The molecule has 1 aliphatic rings. The van der Waals surface area contributed by atoms with Crippen LogP contribution >= 0.6 is 0 Å². The zero-order valence-electron chi connectivity index (χ0n) is 12.8. The molecule has 1 aromatic rings. The summed E-state index contributed by atoms with van der Waals surface area (Å²) in [6.07, 6.45) is 3.24. The van der Waals surface area contributed by atoms with Crippen LogP contribution in [0.1, 0.15) is 18.2 Å². The van der Waals surface area contributed by atoms with Gasteiger partial charge in [-0.05, 0) is 13.3 Å². The van der Waals surface area contributed by atoms with Gasteiger partial charge in [-0.1, -0.05) is 0 Å². The van der Waals surface area contributed by atoms with Crippen LogP contribution in [0.4, 0.5) is 10.6 Å². The first-order valence-corrected chi connectivity index (χ1v) is 7.04. The maximum atomic E-state index is 12.1. The number of aromatic nitrogens is 2. The molecule has 0 unspecified atom stereocenters. The van der Waals surface area contributed by atoms with Gasteiger partial charge in [0.15, 0.2) is 0 Å². The number of anilines is 1. The Balaban J connectivity index is 2.23. The third kappa shape index (κ3) is 2.84. The highest BCUT2D eigenvalue weighted by Gasteiger charge is 2.23. The van der Waals surface area contributed by atoms with E-state index in [0.717, 1.165) is 44.0 Å². The van der Waals surface area contributed by atoms with E-state index in [4.69, 9.17) is 0 Å². The second-order valence-electron chi connectivity index (χ2n) is 5.30. The molecule has 0 saturated carbocycles. The van der Waals surface area contributed by atoms with Gasteiger partial charge in [0.1, 0.15) is 12.1 Å². The molecule has 110 valence electrons. The zero-order valence-corrected chi connectivity index (χ0v) is 12.8. The molecule has 1 aliphatic heterocycles. The first-order valence-electron chi connectivity index (χ1n) is 7.04. The van der Waals surface area contributed by atoms with Gasteiger partial charge in [0.05, 0.1) is 5.69 Å². The molecule has 0 aliphatic carbocycles. The van der Waals surface area contributed by atoms with E-state index in [-0.39, 0.29) is 6.03 Å². The fourth-order valence-corrected chi connectivity index (χ4v) is 2.46. The Kier molecular flexibility index (Phi) is 4.42. The molecule has 0 bridgehead atoms. The molecule has 2 amide bonds. The van der Waals surface area contributed by atoms with Gasteiger partial charge in [0.2, 0.25) is 0 Å². The summed E-state index contributed by atoms with van der Waals surface area (Å²) >= 11 is 0. The summed E-state index contributed by atoms with van der Waals surface area (Å²) in [5.74, 6) is 0.997. The molecule has 0 saturated heterocycles. The highest BCUT2D eigenvalue weighted by molar-refractivity contribution is 5.74. The number of nitrogens with zero attached hydrogens (tertiary/aromatic N) is 5. The molecule has 6 nitrogen and oxygen atoms in total. The fourth-order valence-electron chi connectivity index (χ4n) is 2.46. The van der Waals surface area contributed by atoms with Crippen molar-refractivity contribution in [3.8, 4) is 0 Å². The maximum Gasteiger partial charge on any atom is 0.319 e. The van der Waals surface area contributed by atoms with Gasteiger partial charge in [0, 0.05) is 52.8 Å². The lowest BCUT2D eigenvalue weighted by Crippen LogP contribution is -2.40. The van der Waals surface area contributed by atoms with E-state index in [9.17, 15) is 4.79 Å². The lowest BCUT2D eigenvalue weighted by atomic mass is 10.1. The molecule has 2 rings (SSSR count). The molecule has 0 aromatic carbocycles. The van der Waals surface area contributed by atoms with Crippen molar-refractivity contribution in [3.63, 3.8) is 0 Å².